The van der Waals surface area contributed by atoms with E-state index in [4.69, 9.17) is 0 Å². The highest BCUT2D eigenvalue weighted by Crippen LogP contribution is 2.23. The number of azo groups is 1. The molecular formula is C19H22N4O3S. The van der Waals surface area contributed by atoms with Gasteiger partial charge in [-0.05, 0) is 49.2 Å². The number of piperidine rings is 1. The number of amides is 1. The van der Waals surface area contributed by atoms with Crippen LogP contribution < -0.4 is 5.32 Å². The Labute approximate surface area is 159 Å². The molecule has 1 aliphatic heterocycles. The molecule has 2 aromatic carbocycles. The minimum absolute atomic E-state index is 0.165. The first-order valence-electron chi connectivity index (χ1n) is 8.75. The van der Waals surface area contributed by atoms with E-state index in [9.17, 15) is 13.2 Å². The van der Waals surface area contributed by atoms with E-state index in [0.717, 1.165) is 5.69 Å². The van der Waals surface area contributed by atoms with Crippen LogP contribution in [-0.4, -0.2) is 38.0 Å². The van der Waals surface area contributed by atoms with Crippen LogP contribution in [0, 0.1) is 5.92 Å². The van der Waals surface area contributed by atoms with Gasteiger partial charge in [0.25, 0.3) is 0 Å². The first kappa shape index (κ1) is 19.2. The van der Waals surface area contributed by atoms with Gasteiger partial charge in [-0.2, -0.15) is 10.2 Å². The zero-order chi connectivity index (χ0) is 19.3. The van der Waals surface area contributed by atoms with E-state index >= 15 is 0 Å². The van der Waals surface area contributed by atoms with Gasteiger partial charge in [0.2, 0.25) is 15.9 Å². The molecule has 1 saturated heterocycles. The zero-order valence-electron chi connectivity index (χ0n) is 15.1. The maximum Gasteiger partial charge on any atom is 0.228 e. The molecule has 1 amide bonds. The average molecular weight is 386 g/mol. The number of sulfonamides is 1. The van der Waals surface area contributed by atoms with Crippen LogP contribution in [0.25, 0.3) is 0 Å². The number of hydrogen-bond acceptors (Lipinski definition) is 5. The van der Waals surface area contributed by atoms with Gasteiger partial charge < -0.3 is 5.32 Å². The van der Waals surface area contributed by atoms with Gasteiger partial charge in [-0.15, -0.1) is 0 Å². The maximum atomic E-state index is 12.5. The molecule has 1 N–H and O–H groups in total. The van der Waals surface area contributed by atoms with E-state index in [-0.39, 0.29) is 18.4 Å². The Morgan fingerprint density at radius 2 is 1.67 bits per heavy atom. The zero-order valence-corrected chi connectivity index (χ0v) is 15.9. The molecule has 0 aromatic heterocycles. The summed E-state index contributed by atoms with van der Waals surface area (Å²) >= 11 is 0. The maximum absolute atomic E-state index is 12.5. The fourth-order valence-corrected chi connectivity index (χ4v) is 3.84. The standard InChI is InChI=1S/C19H22N4O3S/c1-27(25,26)23-13-5-6-15(14-23)19(24)20-16-9-11-18(12-10-16)22-21-17-7-3-2-4-8-17/h2-4,7-12,15H,5-6,13-14H2,1H3,(H,20,24). The van der Waals surface area contributed by atoms with Crippen molar-refractivity contribution in [1.82, 2.24) is 4.31 Å². The molecule has 8 heteroatoms. The molecule has 1 fully saturated rings. The van der Waals surface area contributed by atoms with E-state index < -0.39 is 10.0 Å². The molecule has 0 bridgehead atoms. The lowest BCUT2D eigenvalue weighted by Gasteiger charge is -2.30. The SMILES string of the molecule is CS(=O)(=O)N1CCCC(C(=O)Nc2ccc(N=Nc3ccccc3)cc2)C1. The van der Waals surface area contributed by atoms with Gasteiger partial charge in [0.15, 0.2) is 0 Å². The van der Waals surface area contributed by atoms with E-state index in [1.807, 2.05) is 30.3 Å². The summed E-state index contributed by atoms with van der Waals surface area (Å²) in [4.78, 5) is 12.5. The number of hydrogen-bond donors (Lipinski definition) is 1. The highest BCUT2D eigenvalue weighted by Gasteiger charge is 2.30. The second-order valence-corrected chi connectivity index (χ2v) is 8.51. The van der Waals surface area contributed by atoms with Crippen molar-refractivity contribution in [1.29, 1.82) is 0 Å². The van der Waals surface area contributed by atoms with Crippen LogP contribution in [0.15, 0.2) is 64.8 Å². The molecule has 1 atom stereocenters. The Balaban J connectivity index is 1.59. The third-order valence-corrected chi connectivity index (χ3v) is 5.67. The van der Waals surface area contributed by atoms with Crippen molar-refractivity contribution in [3.63, 3.8) is 0 Å². The number of carbonyl (C=O) groups excluding carboxylic acids is 1. The van der Waals surface area contributed by atoms with Gasteiger partial charge in [0, 0.05) is 18.8 Å². The molecule has 1 unspecified atom stereocenters. The van der Waals surface area contributed by atoms with Crippen molar-refractivity contribution in [2.75, 3.05) is 24.7 Å². The predicted molar refractivity (Wildman–Crippen MR) is 105 cm³/mol. The summed E-state index contributed by atoms with van der Waals surface area (Å²) in [5.41, 5.74) is 2.09. The Bertz CT molecular complexity index is 912. The highest BCUT2D eigenvalue weighted by atomic mass is 32.2. The van der Waals surface area contributed by atoms with E-state index in [2.05, 4.69) is 15.5 Å². The lowest BCUT2D eigenvalue weighted by atomic mass is 9.98. The van der Waals surface area contributed by atoms with E-state index in [1.165, 1.54) is 10.6 Å². The summed E-state index contributed by atoms with van der Waals surface area (Å²) < 4.78 is 24.7. The summed E-state index contributed by atoms with van der Waals surface area (Å²) in [7, 11) is -3.27. The molecule has 1 heterocycles. The van der Waals surface area contributed by atoms with Gasteiger partial charge in [0.05, 0.1) is 23.5 Å². The first-order chi connectivity index (χ1) is 12.9. The van der Waals surface area contributed by atoms with Gasteiger partial charge in [-0.3, -0.25) is 4.79 Å². The smallest absolute Gasteiger partial charge is 0.228 e. The largest absolute Gasteiger partial charge is 0.326 e. The molecule has 0 spiro atoms. The molecule has 0 radical (unpaired) electrons. The summed E-state index contributed by atoms with van der Waals surface area (Å²) in [5, 5.41) is 11.2. The van der Waals surface area contributed by atoms with E-state index in [1.54, 1.807) is 24.3 Å². The fraction of sp³-hybridized carbons (Fsp3) is 0.316. The Morgan fingerprint density at radius 1 is 1.04 bits per heavy atom. The molecule has 0 saturated carbocycles. The molecule has 3 rings (SSSR count). The topological polar surface area (TPSA) is 91.2 Å². The van der Waals surface area contributed by atoms with Gasteiger partial charge >= 0.3 is 0 Å². The fourth-order valence-electron chi connectivity index (χ4n) is 2.92. The number of nitrogens with one attached hydrogen (secondary N) is 1. The molecule has 1 aliphatic rings. The number of benzene rings is 2. The average Bonchev–Trinajstić information content (AvgIpc) is 2.68. The van der Waals surface area contributed by atoms with Gasteiger partial charge in [0.1, 0.15) is 0 Å². The van der Waals surface area contributed by atoms with Crippen LogP contribution in [0.1, 0.15) is 12.8 Å². The van der Waals surface area contributed by atoms with Crippen molar-refractivity contribution in [2.45, 2.75) is 12.8 Å². The second kappa shape index (κ2) is 8.41. The molecule has 7 nitrogen and oxygen atoms in total. The number of nitrogens with zero attached hydrogens (tertiary/aromatic N) is 3. The monoisotopic (exact) mass is 386 g/mol. The van der Waals surface area contributed by atoms with Crippen molar-refractivity contribution < 1.29 is 13.2 Å². The minimum Gasteiger partial charge on any atom is -0.326 e. The Morgan fingerprint density at radius 3 is 2.30 bits per heavy atom. The molecular weight excluding hydrogens is 364 g/mol. The number of rotatable bonds is 5. The third kappa shape index (κ3) is 5.45. The van der Waals surface area contributed by atoms with Gasteiger partial charge in [-0.25, -0.2) is 12.7 Å². The van der Waals surface area contributed by atoms with Crippen molar-refractivity contribution in [3.05, 3.63) is 54.6 Å². The van der Waals surface area contributed by atoms with Crippen LogP contribution in [0.3, 0.4) is 0 Å². The lowest BCUT2D eigenvalue weighted by molar-refractivity contribution is -0.120. The third-order valence-electron chi connectivity index (χ3n) is 4.40. The van der Waals surface area contributed by atoms with Crippen molar-refractivity contribution in [3.8, 4) is 0 Å². The predicted octanol–water partition coefficient (Wildman–Crippen LogP) is 3.71. The summed E-state index contributed by atoms with van der Waals surface area (Å²) in [6.07, 6.45) is 2.54. The van der Waals surface area contributed by atoms with Crippen LogP contribution in [0.5, 0.6) is 0 Å². The second-order valence-electron chi connectivity index (χ2n) is 6.53. The van der Waals surface area contributed by atoms with E-state index in [0.29, 0.717) is 30.8 Å². The van der Waals surface area contributed by atoms with Crippen LogP contribution in [0.2, 0.25) is 0 Å². The van der Waals surface area contributed by atoms with Gasteiger partial charge in [-0.1, -0.05) is 18.2 Å². The Kier molecular flexibility index (Phi) is 5.98. The van der Waals surface area contributed by atoms with Crippen LogP contribution in [0.4, 0.5) is 17.1 Å². The number of carbonyl (C=O) groups is 1. The molecule has 142 valence electrons. The van der Waals surface area contributed by atoms with Crippen molar-refractivity contribution in [2.24, 2.45) is 16.1 Å². The number of anilines is 1. The summed E-state index contributed by atoms with van der Waals surface area (Å²) in [6.45, 7) is 0.706. The molecule has 27 heavy (non-hydrogen) atoms. The molecule has 2 aromatic rings. The minimum atomic E-state index is -3.27. The highest BCUT2D eigenvalue weighted by molar-refractivity contribution is 7.88. The molecule has 0 aliphatic carbocycles. The first-order valence-corrected chi connectivity index (χ1v) is 10.6. The summed E-state index contributed by atoms with van der Waals surface area (Å²) in [5.74, 6) is -0.507. The van der Waals surface area contributed by atoms with Crippen LogP contribution in [-0.2, 0) is 14.8 Å². The van der Waals surface area contributed by atoms with Crippen LogP contribution >= 0.6 is 0 Å². The quantitative estimate of drug-likeness (QED) is 0.794. The van der Waals surface area contributed by atoms with Crippen molar-refractivity contribution >= 4 is 33.0 Å². The Hall–Kier alpha value is -2.58. The normalized spacial score (nSPS) is 18.5. The lowest BCUT2D eigenvalue weighted by Crippen LogP contribution is -2.43. The summed E-state index contributed by atoms with van der Waals surface area (Å²) in [6, 6.07) is 16.5.